The molecular formula is C27H34F3NO5. The van der Waals surface area contributed by atoms with Crippen molar-refractivity contribution in [2.75, 3.05) is 13.2 Å². The van der Waals surface area contributed by atoms with Gasteiger partial charge >= 0.3 is 11.8 Å². The maximum absolute atomic E-state index is 13.7. The highest BCUT2D eigenvalue weighted by Crippen LogP contribution is 2.40. The first-order valence-electron chi connectivity index (χ1n) is 12.5. The summed E-state index contributed by atoms with van der Waals surface area (Å²) >= 11 is 0. The SMILES string of the molecule is CCCc1cc2c(C(F)(F)F)cc(=O)oc2c(CCC)c1OCCCCN1C(=O)C(C)C(C)(C)C1=O. The van der Waals surface area contributed by atoms with Crippen molar-refractivity contribution in [3.05, 3.63) is 39.2 Å². The summed E-state index contributed by atoms with van der Waals surface area (Å²) in [6.45, 7) is 9.66. The van der Waals surface area contributed by atoms with Crippen molar-refractivity contribution in [3.63, 3.8) is 0 Å². The molecule has 1 unspecified atom stereocenters. The Morgan fingerprint density at radius 2 is 1.72 bits per heavy atom. The smallest absolute Gasteiger partial charge is 0.417 e. The van der Waals surface area contributed by atoms with Crippen LogP contribution >= 0.6 is 0 Å². The van der Waals surface area contributed by atoms with E-state index in [2.05, 4.69) is 0 Å². The van der Waals surface area contributed by atoms with E-state index in [1.54, 1.807) is 20.8 Å². The lowest BCUT2D eigenvalue weighted by molar-refractivity contribution is -0.141. The van der Waals surface area contributed by atoms with Gasteiger partial charge in [-0.05, 0) is 37.3 Å². The van der Waals surface area contributed by atoms with E-state index < -0.39 is 22.8 Å². The molecule has 3 rings (SSSR count). The number of carbonyl (C=O) groups is 2. The van der Waals surface area contributed by atoms with Crippen molar-refractivity contribution in [2.24, 2.45) is 11.3 Å². The van der Waals surface area contributed by atoms with Crippen molar-refractivity contribution in [1.29, 1.82) is 0 Å². The van der Waals surface area contributed by atoms with Crippen LogP contribution < -0.4 is 10.4 Å². The van der Waals surface area contributed by atoms with E-state index in [4.69, 9.17) is 9.15 Å². The van der Waals surface area contributed by atoms with Gasteiger partial charge in [-0.1, -0.05) is 47.5 Å². The minimum atomic E-state index is -4.69. The molecule has 198 valence electrons. The molecule has 0 aliphatic carbocycles. The average molecular weight is 510 g/mol. The molecule has 0 spiro atoms. The highest BCUT2D eigenvalue weighted by molar-refractivity contribution is 6.06. The summed E-state index contributed by atoms with van der Waals surface area (Å²) in [6.07, 6.45) is -1.42. The number of benzene rings is 1. The number of ether oxygens (including phenoxy) is 1. The quantitative estimate of drug-likeness (QED) is 0.226. The highest BCUT2D eigenvalue weighted by atomic mass is 19.4. The van der Waals surface area contributed by atoms with E-state index in [0.717, 1.165) is 0 Å². The second-order valence-corrected chi connectivity index (χ2v) is 9.99. The summed E-state index contributed by atoms with van der Waals surface area (Å²) in [5.41, 5.74) is -1.78. The molecule has 6 nitrogen and oxygen atoms in total. The summed E-state index contributed by atoms with van der Waals surface area (Å²) in [5, 5.41) is -0.135. The number of halogens is 3. The third-order valence-corrected chi connectivity index (χ3v) is 7.02. The van der Waals surface area contributed by atoms with Crippen LogP contribution in [-0.2, 0) is 28.6 Å². The minimum absolute atomic E-state index is 0.0870. The predicted octanol–water partition coefficient (Wildman–Crippen LogP) is 5.91. The van der Waals surface area contributed by atoms with Gasteiger partial charge in [-0.15, -0.1) is 0 Å². The van der Waals surface area contributed by atoms with Crippen molar-refractivity contribution in [3.8, 4) is 5.75 Å². The number of rotatable bonds is 10. The van der Waals surface area contributed by atoms with Gasteiger partial charge in [0.2, 0.25) is 11.8 Å². The third kappa shape index (κ3) is 5.30. The fourth-order valence-corrected chi connectivity index (χ4v) is 4.69. The molecule has 1 saturated heterocycles. The van der Waals surface area contributed by atoms with Crippen LogP contribution in [-0.4, -0.2) is 29.9 Å². The van der Waals surface area contributed by atoms with Crippen LogP contribution in [0.15, 0.2) is 21.3 Å². The Hall–Kier alpha value is -2.84. The number of alkyl halides is 3. The first-order valence-corrected chi connectivity index (χ1v) is 12.5. The largest absolute Gasteiger partial charge is 0.493 e. The zero-order valence-corrected chi connectivity index (χ0v) is 21.5. The highest BCUT2D eigenvalue weighted by Gasteiger charge is 2.50. The average Bonchev–Trinajstić information content (AvgIpc) is 2.94. The fourth-order valence-electron chi connectivity index (χ4n) is 4.69. The molecule has 36 heavy (non-hydrogen) atoms. The van der Waals surface area contributed by atoms with Gasteiger partial charge < -0.3 is 9.15 Å². The van der Waals surface area contributed by atoms with Crippen LogP contribution in [0.4, 0.5) is 13.2 Å². The van der Waals surface area contributed by atoms with Gasteiger partial charge in [0, 0.05) is 29.5 Å². The zero-order valence-electron chi connectivity index (χ0n) is 21.5. The number of imide groups is 1. The van der Waals surface area contributed by atoms with Gasteiger partial charge in [0.15, 0.2) is 0 Å². The molecule has 9 heteroatoms. The van der Waals surface area contributed by atoms with Gasteiger partial charge in [-0.3, -0.25) is 14.5 Å². The van der Waals surface area contributed by atoms with Crippen LogP contribution in [0.2, 0.25) is 0 Å². The Kier molecular flexibility index (Phi) is 8.20. The first kappa shape index (κ1) is 27.7. The van der Waals surface area contributed by atoms with E-state index in [-0.39, 0.29) is 35.3 Å². The van der Waals surface area contributed by atoms with E-state index >= 15 is 0 Å². The molecule has 2 heterocycles. The molecule has 1 aromatic carbocycles. The number of amides is 2. The maximum atomic E-state index is 13.7. The van der Waals surface area contributed by atoms with Crippen LogP contribution in [0.1, 0.15) is 77.0 Å². The van der Waals surface area contributed by atoms with Crippen LogP contribution in [0.25, 0.3) is 11.0 Å². The molecule has 2 aromatic rings. The normalized spacial score (nSPS) is 17.9. The van der Waals surface area contributed by atoms with Crippen LogP contribution in [0.5, 0.6) is 5.75 Å². The third-order valence-electron chi connectivity index (χ3n) is 7.02. The van der Waals surface area contributed by atoms with E-state index in [1.807, 2.05) is 13.8 Å². The van der Waals surface area contributed by atoms with Crippen molar-refractivity contribution < 1.29 is 31.9 Å². The molecular weight excluding hydrogens is 475 g/mol. The van der Waals surface area contributed by atoms with Crippen LogP contribution in [0.3, 0.4) is 0 Å². The van der Waals surface area contributed by atoms with Crippen molar-refractivity contribution in [2.45, 2.75) is 79.3 Å². The second kappa shape index (κ2) is 10.6. The lowest BCUT2D eigenvalue weighted by Gasteiger charge is -2.20. The van der Waals surface area contributed by atoms with Gasteiger partial charge in [-0.2, -0.15) is 13.2 Å². The molecule has 1 fully saturated rings. The molecule has 0 N–H and O–H groups in total. The number of nitrogens with zero attached hydrogens (tertiary/aromatic N) is 1. The Bertz CT molecular complexity index is 1200. The lowest BCUT2D eigenvalue weighted by Crippen LogP contribution is -2.34. The monoisotopic (exact) mass is 509 g/mol. The molecule has 0 saturated carbocycles. The molecule has 1 aromatic heterocycles. The number of likely N-dealkylation sites (tertiary alicyclic amines) is 1. The summed E-state index contributed by atoms with van der Waals surface area (Å²) in [4.78, 5) is 38.3. The van der Waals surface area contributed by atoms with E-state index in [1.165, 1.54) is 11.0 Å². The number of unbranched alkanes of at least 4 members (excludes halogenated alkanes) is 1. The topological polar surface area (TPSA) is 76.8 Å². The zero-order chi connectivity index (χ0) is 26.8. The molecule has 1 aliphatic heterocycles. The Morgan fingerprint density at radius 1 is 1.06 bits per heavy atom. The van der Waals surface area contributed by atoms with Crippen molar-refractivity contribution >= 4 is 22.8 Å². The number of fused-ring (bicyclic) bond motifs is 1. The fraction of sp³-hybridized carbons (Fsp3) is 0.593. The predicted molar refractivity (Wildman–Crippen MR) is 130 cm³/mol. The minimum Gasteiger partial charge on any atom is -0.493 e. The van der Waals surface area contributed by atoms with E-state index in [0.29, 0.717) is 68.0 Å². The summed E-state index contributed by atoms with van der Waals surface area (Å²) < 4.78 is 52.5. The maximum Gasteiger partial charge on any atom is 0.417 e. The number of hydrogen-bond acceptors (Lipinski definition) is 5. The first-order chi connectivity index (χ1) is 16.8. The summed E-state index contributed by atoms with van der Waals surface area (Å²) in [5.74, 6) is -0.270. The van der Waals surface area contributed by atoms with Crippen LogP contribution in [0, 0.1) is 11.3 Å². The summed E-state index contributed by atoms with van der Waals surface area (Å²) in [7, 11) is 0. The van der Waals surface area contributed by atoms with Crippen molar-refractivity contribution in [1.82, 2.24) is 4.90 Å². The number of aryl methyl sites for hydroxylation is 2. The molecule has 0 radical (unpaired) electrons. The second-order valence-electron chi connectivity index (χ2n) is 9.99. The number of hydrogen-bond donors (Lipinski definition) is 0. The molecule has 1 atom stereocenters. The standard InChI is InChI=1S/C27H34F3NO5/c1-6-10-17-14-19-20(27(28,29)30)15-21(32)36-23(19)18(11-7-2)22(17)35-13-9-8-12-31-24(33)16(3)26(4,5)25(31)34/h14-16H,6-13H2,1-5H3. The molecule has 1 aliphatic rings. The van der Waals surface area contributed by atoms with E-state index in [9.17, 15) is 27.6 Å². The lowest BCUT2D eigenvalue weighted by atomic mass is 9.82. The van der Waals surface area contributed by atoms with Gasteiger partial charge in [0.05, 0.1) is 17.6 Å². The summed E-state index contributed by atoms with van der Waals surface area (Å²) in [6, 6.07) is 1.92. The van der Waals surface area contributed by atoms with Gasteiger partial charge in [0.1, 0.15) is 11.3 Å². The molecule has 2 amide bonds. The van der Waals surface area contributed by atoms with Gasteiger partial charge in [-0.25, -0.2) is 4.79 Å². The molecule has 0 bridgehead atoms. The Labute approximate surface area is 208 Å². The Morgan fingerprint density at radius 3 is 2.28 bits per heavy atom. The Balaban J connectivity index is 1.85. The number of carbonyl (C=O) groups excluding carboxylic acids is 2. The van der Waals surface area contributed by atoms with Gasteiger partial charge in [0.25, 0.3) is 0 Å².